The van der Waals surface area contributed by atoms with Gasteiger partial charge in [0.25, 0.3) is 0 Å². The molecule has 1 heterocycles. The molecule has 0 unspecified atom stereocenters. The van der Waals surface area contributed by atoms with Crippen LogP contribution in [0.5, 0.6) is 0 Å². The molecule has 2 aliphatic rings. The van der Waals surface area contributed by atoms with E-state index in [0.29, 0.717) is 0 Å². The first-order valence-electron chi connectivity index (χ1n) is 9.55. The van der Waals surface area contributed by atoms with E-state index in [9.17, 15) is 0 Å². The maximum atomic E-state index is 6.35. The summed E-state index contributed by atoms with van der Waals surface area (Å²) in [6.07, 6.45) is 4.61. The van der Waals surface area contributed by atoms with Gasteiger partial charge in [0.15, 0.2) is 5.96 Å². The summed E-state index contributed by atoms with van der Waals surface area (Å²) < 4.78 is 5.53. The third kappa shape index (κ3) is 4.53. The minimum atomic E-state index is 0.173. The van der Waals surface area contributed by atoms with Crippen LogP contribution in [0.3, 0.4) is 0 Å². The minimum Gasteiger partial charge on any atom is -0.378 e. The Hall–Kier alpha value is -1.59. The second-order valence-electron chi connectivity index (χ2n) is 7.47. The lowest BCUT2D eigenvalue weighted by Gasteiger charge is -2.33. The number of hydrogen-bond donors (Lipinski definition) is 2. The van der Waals surface area contributed by atoms with E-state index in [1.54, 1.807) is 0 Å². The number of hydrogen-bond acceptors (Lipinski definition) is 3. The smallest absolute Gasteiger partial charge is 0.198 e. The highest BCUT2D eigenvalue weighted by Gasteiger charge is 2.24. The highest BCUT2D eigenvalue weighted by atomic mass is 16.5. The van der Waals surface area contributed by atoms with Gasteiger partial charge in [-0.05, 0) is 44.7 Å². The fraction of sp³-hybridized carbons (Fsp3) is 0.650. The van der Waals surface area contributed by atoms with Crippen molar-refractivity contribution in [2.75, 3.05) is 31.6 Å². The number of ether oxygens (including phenoxy) is 1. The van der Waals surface area contributed by atoms with Crippen LogP contribution in [-0.4, -0.2) is 49.2 Å². The largest absolute Gasteiger partial charge is 0.378 e. The Morgan fingerprint density at radius 1 is 1.12 bits per heavy atom. The molecule has 3 N–H and O–H groups in total. The molecule has 1 aromatic carbocycles. The van der Waals surface area contributed by atoms with Gasteiger partial charge < -0.3 is 20.7 Å². The molecule has 1 aromatic rings. The standard InChI is InChI=1S/C20H32N4O/c1-14-12-15(2)19(16(3)13-14)23-20(24-8-10-25-11-9-24)22-18-7-5-4-6-17(18)21/h12-13,17-18H,4-11,21H2,1-3H3,(H,22,23)/t17-,18-/m0/s1. The predicted molar refractivity (Wildman–Crippen MR) is 104 cm³/mol. The summed E-state index contributed by atoms with van der Waals surface area (Å²) in [5.41, 5.74) is 11.3. The van der Waals surface area contributed by atoms with E-state index in [-0.39, 0.29) is 12.1 Å². The number of anilines is 1. The van der Waals surface area contributed by atoms with E-state index in [2.05, 4.69) is 43.1 Å². The van der Waals surface area contributed by atoms with Gasteiger partial charge in [0.1, 0.15) is 0 Å². The first-order chi connectivity index (χ1) is 12.0. The van der Waals surface area contributed by atoms with Crippen molar-refractivity contribution >= 4 is 11.6 Å². The molecular weight excluding hydrogens is 312 g/mol. The van der Waals surface area contributed by atoms with Crippen LogP contribution in [0.4, 0.5) is 5.69 Å². The number of guanidine groups is 1. The highest BCUT2D eigenvalue weighted by Crippen LogP contribution is 2.24. The number of benzene rings is 1. The van der Waals surface area contributed by atoms with Crippen molar-refractivity contribution in [3.05, 3.63) is 28.8 Å². The highest BCUT2D eigenvalue weighted by molar-refractivity contribution is 5.95. The van der Waals surface area contributed by atoms with E-state index in [1.165, 1.54) is 35.2 Å². The zero-order chi connectivity index (χ0) is 17.8. The van der Waals surface area contributed by atoms with E-state index in [0.717, 1.165) is 45.1 Å². The van der Waals surface area contributed by atoms with E-state index in [4.69, 9.17) is 15.5 Å². The second-order valence-corrected chi connectivity index (χ2v) is 7.47. The molecule has 0 bridgehead atoms. The molecule has 138 valence electrons. The van der Waals surface area contributed by atoms with Crippen molar-refractivity contribution in [3.8, 4) is 0 Å². The van der Waals surface area contributed by atoms with Gasteiger partial charge in [0.05, 0.1) is 19.3 Å². The molecule has 1 saturated heterocycles. The monoisotopic (exact) mass is 344 g/mol. The Balaban J connectivity index is 1.88. The summed E-state index contributed by atoms with van der Waals surface area (Å²) in [4.78, 5) is 7.40. The Kier molecular flexibility index (Phi) is 5.97. The van der Waals surface area contributed by atoms with Crippen LogP contribution in [-0.2, 0) is 4.74 Å². The van der Waals surface area contributed by atoms with E-state index < -0.39 is 0 Å². The number of rotatable bonds is 2. The quantitative estimate of drug-likeness (QED) is 0.639. The van der Waals surface area contributed by atoms with Crippen molar-refractivity contribution in [2.24, 2.45) is 10.7 Å². The van der Waals surface area contributed by atoms with E-state index in [1.807, 2.05) is 0 Å². The summed E-state index contributed by atoms with van der Waals surface area (Å²) in [7, 11) is 0. The first kappa shape index (κ1) is 18.2. The van der Waals surface area contributed by atoms with E-state index >= 15 is 0 Å². The summed E-state index contributed by atoms with van der Waals surface area (Å²) in [6, 6.07) is 4.83. The summed E-state index contributed by atoms with van der Waals surface area (Å²) in [5, 5.41) is 3.65. The van der Waals surface area contributed by atoms with Gasteiger partial charge >= 0.3 is 0 Å². The fourth-order valence-electron chi connectivity index (χ4n) is 3.91. The average Bonchev–Trinajstić information content (AvgIpc) is 2.59. The zero-order valence-electron chi connectivity index (χ0n) is 15.8. The van der Waals surface area contributed by atoms with Crippen molar-refractivity contribution < 1.29 is 4.74 Å². The van der Waals surface area contributed by atoms with Crippen LogP contribution in [0, 0.1) is 20.8 Å². The van der Waals surface area contributed by atoms with Crippen LogP contribution in [0.2, 0.25) is 0 Å². The number of morpholine rings is 1. The van der Waals surface area contributed by atoms with Gasteiger partial charge in [-0.15, -0.1) is 0 Å². The molecule has 0 spiro atoms. The van der Waals surface area contributed by atoms with Crippen molar-refractivity contribution in [3.63, 3.8) is 0 Å². The molecule has 0 aromatic heterocycles. The molecule has 25 heavy (non-hydrogen) atoms. The van der Waals surface area contributed by atoms with Crippen LogP contribution >= 0.6 is 0 Å². The fourth-order valence-corrected chi connectivity index (χ4v) is 3.91. The van der Waals surface area contributed by atoms with Gasteiger partial charge in [0.2, 0.25) is 0 Å². The number of aliphatic imine (C=N–C) groups is 1. The summed E-state index contributed by atoms with van der Waals surface area (Å²) in [5.74, 6) is 0.959. The van der Waals surface area contributed by atoms with Crippen LogP contribution < -0.4 is 11.1 Å². The molecular formula is C20H32N4O. The predicted octanol–water partition coefficient (Wildman–Crippen LogP) is 2.98. The average molecular weight is 345 g/mol. The molecule has 1 aliphatic carbocycles. The van der Waals surface area contributed by atoms with Crippen LogP contribution in [0.1, 0.15) is 42.4 Å². The van der Waals surface area contributed by atoms with Gasteiger partial charge in [-0.2, -0.15) is 0 Å². The van der Waals surface area contributed by atoms with Crippen molar-refractivity contribution in [1.82, 2.24) is 4.90 Å². The van der Waals surface area contributed by atoms with Crippen molar-refractivity contribution in [1.29, 1.82) is 0 Å². The lowest BCUT2D eigenvalue weighted by molar-refractivity contribution is 0.0677. The topological polar surface area (TPSA) is 62.9 Å². The maximum absolute atomic E-state index is 6.35. The number of nitrogens with one attached hydrogen (secondary N) is 1. The van der Waals surface area contributed by atoms with Gasteiger partial charge in [-0.25, -0.2) is 4.99 Å². The molecule has 2 atom stereocenters. The molecule has 5 heteroatoms. The third-order valence-corrected chi connectivity index (χ3v) is 5.29. The first-order valence-corrected chi connectivity index (χ1v) is 9.55. The zero-order valence-corrected chi connectivity index (χ0v) is 15.8. The van der Waals surface area contributed by atoms with Gasteiger partial charge in [-0.3, -0.25) is 0 Å². The normalized spacial score (nSPS) is 25.1. The minimum absolute atomic E-state index is 0.173. The third-order valence-electron chi connectivity index (χ3n) is 5.29. The number of nitrogens with zero attached hydrogens (tertiary/aromatic N) is 2. The molecule has 1 saturated carbocycles. The van der Waals surface area contributed by atoms with Gasteiger partial charge in [-0.1, -0.05) is 30.5 Å². The Labute approximate surface area is 151 Å². The summed E-state index contributed by atoms with van der Waals surface area (Å²) >= 11 is 0. The molecule has 0 radical (unpaired) electrons. The number of nitrogens with two attached hydrogens (primary N) is 1. The molecule has 2 fully saturated rings. The lowest BCUT2D eigenvalue weighted by Crippen LogP contribution is -2.46. The molecule has 0 amide bonds. The lowest BCUT2D eigenvalue weighted by atomic mass is 9.91. The van der Waals surface area contributed by atoms with Crippen molar-refractivity contribution in [2.45, 2.75) is 58.5 Å². The maximum Gasteiger partial charge on any atom is 0.198 e. The number of aryl methyl sites for hydroxylation is 3. The van der Waals surface area contributed by atoms with Crippen LogP contribution in [0.15, 0.2) is 17.1 Å². The Bertz CT molecular complexity index is 599. The molecule has 3 rings (SSSR count). The summed E-state index contributed by atoms with van der Waals surface area (Å²) in [6.45, 7) is 9.71. The van der Waals surface area contributed by atoms with Gasteiger partial charge in [0, 0.05) is 24.8 Å². The SMILES string of the molecule is Cc1cc(C)c(NC(=N[C@H]2CCCC[C@@H]2N)N2CCOCC2)c(C)c1. The Morgan fingerprint density at radius 2 is 1.76 bits per heavy atom. The molecule has 5 nitrogen and oxygen atoms in total. The molecule has 1 aliphatic heterocycles. The Morgan fingerprint density at radius 3 is 2.40 bits per heavy atom. The van der Waals surface area contributed by atoms with Crippen LogP contribution in [0.25, 0.3) is 0 Å². The second kappa shape index (κ2) is 8.19.